The van der Waals surface area contributed by atoms with E-state index in [4.69, 9.17) is 0 Å². The predicted molar refractivity (Wildman–Crippen MR) is 89.3 cm³/mol. The smallest absolute Gasteiger partial charge is 0.143 e. The Morgan fingerprint density at radius 3 is 3.05 bits per heavy atom. The molecule has 1 aromatic carbocycles. The van der Waals surface area contributed by atoms with Crippen LogP contribution in [0.5, 0.6) is 0 Å². The van der Waals surface area contributed by atoms with Gasteiger partial charge >= 0.3 is 0 Å². The van der Waals surface area contributed by atoms with E-state index in [-0.39, 0.29) is 6.04 Å². The molecule has 0 fully saturated rings. The molecule has 4 rings (SSSR count). The maximum Gasteiger partial charge on any atom is 0.143 e. The number of hydrogen-bond donors (Lipinski definition) is 2. The zero-order valence-electron chi connectivity index (χ0n) is 12.8. The van der Waals surface area contributed by atoms with Crippen molar-refractivity contribution >= 4 is 22.5 Å². The van der Waals surface area contributed by atoms with Crippen molar-refractivity contribution in [2.45, 2.75) is 19.4 Å². The number of aryl methyl sites for hydroxylation is 1. The van der Waals surface area contributed by atoms with E-state index in [9.17, 15) is 0 Å². The van der Waals surface area contributed by atoms with Gasteiger partial charge in [0.1, 0.15) is 17.8 Å². The van der Waals surface area contributed by atoms with Crippen molar-refractivity contribution in [3.63, 3.8) is 0 Å². The van der Waals surface area contributed by atoms with Gasteiger partial charge in [0.05, 0.1) is 11.4 Å². The molecule has 112 valence electrons. The number of rotatable bonds is 2. The number of aromatic amines is 1. The van der Waals surface area contributed by atoms with Gasteiger partial charge in [0, 0.05) is 25.0 Å². The molecule has 1 aliphatic heterocycles. The lowest BCUT2D eigenvalue weighted by molar-refractivity contribution is 0.646. The monoisotopic (exact) mass is 293 g/mol. The summed E-state index contributed by atoms with van der Waals surface area (Å²) < 4.78 is 0. The third kappa shape index (κ3) is 2.09. The summed E-state index contributed by atoms with van der Waals surface area (Å²) in [6.45, 7) is 3.07. The van der Waals surface area contributed by atoms with Crippen molar-refractivity contribution in [3.05, 3.63) is 47.9 Å². The number of benzene rings is 1. The summed E-state index contributed by atoms with van der Waals surface area (Å²) >= 11 is 0. The summed E-state index contributed by atoms with van der Waals surface area (Å²) in [5.74, 6) is 0.902. The van der Waals surface area contributed by atoms with Gasteiger partial charge in [0.15, 0.2) is 0 Å². The summed E-state index contributed by atoms with van der Waals surface area (Å²) in [5.41, 5.74) is 4.61. The van der Waals surface area contributed by atoms with Gasteiger partial charge in [-0.05, 0) is 31.0 Å². The molecule has 0 saturated heterocycles. The van der Waals surface area contributed by atoms with Gasteiger partial charge in [-0.2, -0.15) is 0 Å². The molecule has 3 aromatic rings. The third-order valence-electron chi connectivity index (χ3n) is 4.35. The van der Waals surface area contributed by atoms with Crippen LogP contribution in [0.1, 0.15) is 23.7 Å². The highest BCUT2D eigenvalue weighted by Gasteiger charge is 2.23. The Hall–Kier alpha value is -2.56. The van der Waals surface area contributed by atoms with E-state index in [0.29, 0.717) is 0 Å². The molecule has 5 nitrogen and oxygen atoms in total. The average molecular weight is 293 g/mol. The van der Waals surface area contributed by atoms with Gasteiger partial charge in [-0.15, -0.1) is 0 Å². The van der Waals surface area contributed by atoms with Gasteiger partial charge in [-0.3, -0.25) is 0 Å². The molecule has 0 bridgehead atoms. The molecule has 5 heteroatoms. The van der Waals surface area contributed by atoms with Crippen molar-refractivity contribution in [1.82, 2.24) is 15.0 Å². The Balaban J connectivity index is 1.73. The first-order valence-corrected chi connectivity index (χ1v) is 7.59. The van der Waals surface area contributed by atoms with E-state index < -0.39 is 0 Å². The van der Waals surface area contributed by atoms with Crippen molar-refractivity contribution < 1.29 is 0 Å². The first-order chi connectivity index (χ1) is 10.7. The molecule has 22 heavy (non-hydrogen) atoms. The summed E-state index contributed by atoms with van der Waals surface area (Å²) in [4.78, 5) is 14.3. The zero-order chi connectivity index (χ0) is 15.1. The van der Waals surface area contributed by atoms with Crippen LogP contribution in [0.3, 0.4) is 0 Å². The van der Waals surface area contributed by atoms with Gasteiger partial charge < -0.3 is 15.2 Å². The minimum Gasteiger partial charge on any atom is -0.374 e. The molecule has 0 aliphatic carbocycles. The van der Waals surface area contributed by atoms with Crippen molar-refractivity contribution in [2.24, 2.45) is 0 Å². The number of nitrogens with one attached hydrogen (secondary N) is 2. The van der Waals surface area contributed by atoms with E-state index in [1.54, 1.807) is 6.33 Å². The molecule has 0 spiro atoms. The Bertz CT molecular complexity index is 823. The van der Waals surface area contributed by atoms with E-state index in [0.717, 1.165) is 35.5 Å². The van der Waals surface area contributed by atoms with Crippen LogP contribution in [0.25, 0.3) is 11.0 Å². The SMILES string of the molecule is Cc1cc2c(N[C@@H]3CCN(C)c4ccccc43)ncnc2[nH]1. The number of H-pyrrole nitrogens is 1. The predicted octanol–water partition coefficient (Wildman–Crippen LogP) is 3.26. The van der Waals surface area contributed by atoms with E-state index in [1.165, 1.54) is 11.3 Å². The maximum atomic E-state index is 4.45. The fourth-order valence-electron chi connectivity index (χ4n) is 3.23. The second-order valence-electron chi connectivity index (χ2n) is 5.90. The second-order valence-corrected chi connectivity index (χ2v) is 5.90. The number of anilines is 2. The average Bonchev–Trinajstić information content (AvgIpc) is 2.92. The molecular formula is C17H19N5. The summed E-state index contributed by atoms with van der Waals surface area (Å²) in [5, 5.41) is 4.67. The number of hydrogen-bond acceptors (Lipinski definition) is 4. The third-order valence-corrected chi connectivity index (χ3v) is 4.35. The van der Waals surface area contributed by atoms with Gasteiger partial charge in [0.25, 0.3) is 0 Å². The minimum absolute atomic E-state index is 0.278. The fraction of sp³-hybridized carbons (Fsp3) is 0.294. The van der Waals surface area contributed by atoms with Crippen molar-refractivity contribution in [1.29, 1.82) is 0 Å². The van der Waals surface area contributed by atoms with Gasteiger partial charge in [0.2, 0.25) is 0 Å². The Morgan fingerprint density at radius 1 is 1.27 bits per heavy atom. The molecule has 1 atom stereocenters. The zero-order valence-corrected chi connectivity index (χ0v) is 12.8. The molecule has 0 amide bonds. The number of aromatic nitrogens is 3. The topological polar surface area (TPSA) is 56.8 Å². The highest BCUT2D eigenvalue weighted by atomic mass is 15.1. The summed E-state index contributed by atoms with van der Waals surface area (Å²) in [6, 6.07) is 10.9. The molecule has 1 aliphatic rings. The standard InChI is InChI=1S/C17H19N5/c1-11-9-13-16(20-11)18-10-19-17(13)21-14-7-8-22(2)15-6-4-3-5-12(14)15/h3-6,9-10,14H,7-8H2,1-2H3,(H2,18,19,20,21)/t14-/m1/s1. The Labute approximate surface area is 129 Å². The molecule has 0 saturated carbocycles. The highest BCUT2D eigenvalue weighted by molar-refractivity contribution is 5.87. The first kappa shape index (κ1) is 13.1. The number of nitrogens with zero attached hydrogens (tertiary/aromatic N) is 3. The Kier molecular flexibility index (Phi) is 2.99. The molecule has 2 aromatic heterocycles. The fourth-order valence-corrected chi connectivity index (χ4v) is 3.23. The van der Waals surface area contributed by atoms with E-state index >= 15 is 0 Å². The molecule has 0 radical (unpaired) electrons. The van der Waals surface area contributed by atoms with Crippen LogP contribution in [0, 0.1) is 6.92 Å². The van der Waals surface area contributed by atoms with Crippen molar-refractivity contribution in [3.8, 4) is 0 Å². The largest absolute Gasteiger partial charge is 0.374 e. The van der Waals surface area contributed by atoms with Crippen LogP contribution in [-0.2, 0) is 0 Å². The van der Waals surface area contributed by atoms with Crippen LogP contribution in [0.15, 0.2) is 36.7 Å². The number of para-hydroxylation sites is 1. The van der Waals surface area contributed by atoms with Crippen LogP contribution in [-0.4, -0.2) is 28.5 Å². The van der Waals surface area contributed by atoms with E-state index in [1.807, 2.05) is 6.92 Å². The summed E-state index contributed by atoms with van der Waals surface area (Å²) in [6.07, 6.45) is 2.67. The van der Waals surface area contributed by atoms with Crippen LogP contribution >= 0.6 is 0 Å². The minimum atomic E-state index is 0.278. The van der Waals surface area contributed by atoms with Crippen LogP contribution in [0.4, 0.5) is 11.5 Å². The quantitative estimate of drug-likeness (QED) is 0.761. The molecule has 3 heterocycles. The van der Waals surface area contributed by atoms with Crippen LogP contribution in [0.2, 0.25) is 0 Å². The molecule has 2 N–H and O–H groups in total. The van der Waals surface area contributed by atoms with E-state index in [2.05, 4.69) is 62.5 Å². The van der Waals surface area contributed by atoms with Gasteiger partial charge in [-0.25, -0.2) is 9.97 Å². The maximum absolute atomic E-state index is 4.45. The lowest BCUT2D eigenvalue weighted by atomic mass is 9.96. The molecular weight excluding hydrogens is 274 g/mol. The van der Waals surface area contributed by atoms with Crippen LogP contribution < -0.4 is 10.2 Å². The normalized spacial score (nSPS) is 17.5. The lowest BCUT2D eigenvalue weighted by Crippen LogP contribution is -2.30. The van der Waals surface area contributed by atoms with Gasteiger partial charge in [-0.1, -0.05) is 18.2 Å². The van der Waals surface area contributed by atoms with Crippen molar-refractivity contribution in [2.75, 3.05) is 23.8 Å². The second kappa shape index (κ2) is 5.02. The summed E-state index contributed by atoms with van der Waals surface area (Å²) in [7, 11) is 2.15. The first-order valence-electron chi connectivity index (χ1n) is 7.59. The molecule has 0 unspecified atom stereocenters. The lowest BCUT2D eigenvalue weighted by Gasteiger charge is -2.33. The highest BCUT2D eigenvalue weighted by Crippen LogP contribution is 2.35. The number of fused-ring (bicyclic) bond motifs is 2. The Morgan fingerprint density at radius 2 is 2.14 bits per heavy atom.